The Kier molecular flexibility index (Phi) is 7.46. The molecule has 2 amide bonds. The molecule has 3 unspecified atom stereocenters. The number of carbonyl (C=O) groups excluding carboxylic acids is 3. The molecule has 9 heteroatoms. The van der Waals surface area contributed by atoms with Gasteiger partial charge in [-0.25, -0.2) is 0 Å². The second kappa shape index (κ2) is 10.1. The third kappa shape index (κ3) is 4.01. The largest absolute Gasteiger partial charge is 0.461 e. The number of ether oxygens (including phenoxy) is 2. The minimum atomic E-state index is -1.23. The average molecular weight is 561 g/mol. The third-order valence-electron chi connectivity index (χ3n) is 7.55. The van der Waals surface area contributed by atoms with Crippen LogP contribution in [0.5, 0.6) is 0 Å². The molecule has 2 bridgehead atoms. The Morgan fingerprint density at radius 3 is 2.72 bits per heavy atom. The van der Waals surface area contributed by atoms with Crippen molar-refractivity contribution in [2.75, 3.05) is 24.7 Å². The van der Waals surface area contributed by atoms with Crippen LogP contribution >= 0.6 is 15.9 Å². The predicted molar refractivity (Wildman–Crippen MR) is 139 cm³/mol. The number of esters is 1. The fourth-order valence-corrected chi connectivity index (χ4v) is 6.95. The molecule has 3 aliphatic heterocycles. The lowest BCUT2D eigenvalue weighted by atomic mass is 9.70. The van der Waals surface area contributed by atoms with Crippen LogP contribution in [0.15, 0.2) is 43.5 Å². The first-order chi connectivity index (χ1) is 17.1. The van der Waals surface area contributed by atoms with Gasteiger partial charge in [0.15, 0.2) is 0 Å². The van der Waals surface area contributed by atoms with Crippen molar-refractivity contribution in [1.82, 2.24) is 4.90 Å². The van der Waals surface area contributed by atoms with E-state index >= 15 is 0 Å². The molecule has 4 rings (SSSR count). The van der Waals surface area contributed by atoms with Crippen molar-refractivity contribution in [2.24, 2.45) is 11.8 Å². The zero-order chi connectivity index (χ0) is 26.4. The van der Waals surface area contributed by atoms with Crippen molar-refractivity contribution in [3.8, 4) is 0 Å². The summed E-state index contributed by atoms with van der Waals surface area (Å²) >= 11 is 3.63. The SMILES string of the molecule is C=CCOC(=O)[C@H]1[C@H]2C(=O)N([C@H](C)CO)C(C(=O)N(CC=C)c3cc(C)ccc3C)C23CC(Br)[C@@H]1O3. The molecule has 7 atom stereocenters. The maximum Gasteiger partial charge on any atom is 0.312 e. The summed E-state index contributed by atoms with van der Waals surface area (Å²) in [5, 5.41) is 10.0. The monoisotopic (exact) mass is 560 g/mol. The topological polar surface area (TPSA) is 96.4 Å². The standard InChI is InChI=1S/C27H33BrN2O6/c1-6-10-29(19-12-15(3)8-9-16(19)4)25(33)23-27-13-18(28)22(36-27)20(26(34)35-11-7-2)21(27)24(32)30(23)17(5)14-31/h6-9,12,17-18,20-23,31H,1-2,10-11,13-14H2,3-5H3/t17-,18?,20+,21+,22+,23?,27?/m1/s1. The lowest BCUT2D eigenvalue weighted by molar-refractivity contribution is -0.154. The Morgan fingerprint density at radius 2 is 2.08 bits per heavy atom. The van der Waals surface area contributed by atoms with Crippen LogP contribution in [0.3, 0.4) is 0 Å². The summed E-state index contributed by atoms with van der Waals surface area (Å²) in [4.78, 5) is 44.2. The number of alkyl halides is 1. The Balaban J connectivity index is 1.83. The quantitative estimate of drug-likeness (QED) is 0.283. The fraction of sp³-hybridized carbons (Fsp3) is 0.519. The summed E-state index contributed by atoms with van der Waals surface area (Å²) in [6.07, 6.45) is 2.88. The van der Waals surface area contributed by atoms with E-state index in [2.05, 4.69) is 29.1 Å². The second-order valence-electron chi connectivity index (χ2n) is 9.89. The molecule has 0 saturated carbocycles. The molecule has 0 aromatic heterocycles. The highest BCUT2D eigenvalue weighted by Crippen LogP contribution is 2.60. The van der Waals surface area contributed by atoms with Gasteiger partial charge in [-0.2, -0.15) is 0 Å². The first-order valence-electron chi connectivity index (χ1n) is 12.1. The van der Waals surface area contributed by atoms with Crippen molar-refractivity contribution >= 4 is 39.4 Å². The molecule has 1 spiro atoms. The van der Waals surface area contributed by atoms with Gasteiger partial charge in [0.2, 0.25) is 5.91 Å². The van der Waals surface area contributed by atoms with Gasteiger partial charge in [0.1, 0.15) is 18.2 Å². The van der Waals surface area contributed by atoms with Gasteiger partial charge in [-0.1, -0.05) is 46.8 Å². The van der Waals surface area contributed by atoms with Gasteiger partial charge in [0.05, 0.1) is 30.6 Å². The number of anilines is 1. The molecule has 1 N–H and O–H groups in total. The molecular weight excluding hydrogens is 528 g/mol. The number of aryl methyl sites for hydroxylation is 2. The number of aliphatic hydroxyl groups is 1. The van der Waals surface area contributed by atoms with Crippen molar-refractivity contribution in [1.29, 1.82) is 0 Å². The van der Waals surface area contributed by atoms with Crippen molar-refractivity contribution in [2.45, 2.75) is 55.8 Å². The van der Waals surface area contributed by atoms with Crippen LogP contribution in [0.4, 0.5) is 5.69 Å². The van der Waals surface area contributed by atoms with Crippen LogP contribution in [0.1, 0.15) is 24.5 Å². The van der Waals surface area contributed by atoms with Gasteiger partial charge in [0.25, 0.3) is 5.91 Å². The van der Waals surface area contributed by atoms with Crippen LogP contribution in [0.2, 0.25) is 0 Å². The van der Waals surface area contributed by atoms with E-state index in [1.165, 1.54) is 11.0 Å². The molecular formula is C27H33BrN2O6. The number of halogens is 1. The van der Waals surface area contributed by atoms with Gasteiger partial charge in [-0.15, -0.1) is 6.58 Å². The normalized spacial score (nSPS) is 31.2. The molecule has 3 saturated heterocycles. The van der Waals surface area contributed by atoms with Crippen molar-refractivity contribution in [3.05, 3.63) is 54.6 Å². The van der Waals surface area contributed by atoms with E-state index < -0.39 is 41.6 Å². The number of aliphatic hydroxyl groups excluding tert-OH is 1. The number of hydrogen-bond donors (Lipinski definition) is 1. The molecule has 8 nitrogen and oxygen atoms in total. The van der Waals surface area contributed by atoms with E-state index in [9.17, 15) is 19.5 Å². The Morgan fingerprint density at radius 1 is 1.36 bits per heavy atom. The molecule has 1 aromatic carbocycles. The van der Waals surface area contributed by atoms with Crippen LogP contribution in [0.25, 0.3) is 0 Å². The summed E-state index contributed by atoms with van der Waals surface area (Å²) < 4.78 is 11.8. The minimum absolute atomic E-state index is 0.0157. The molecule has 3 aliphatic rings. The Bertz CT molecular complexity index is 1090. The summed E-state index contributed by atoms with van der Waals surface area (Å²) in [5.41, 5.74) is 1.37. The van der Waals surface area contributed by atoms with E-state index in [4.69, 9.17) is 9.47 Å². The third-order valence-corrected chi connectivity index (χ3v) is 8.39. The first kappa shape index (κ1) is 26.6. The van der Waals surface area contributed by atoms with Crippen molar-refractivity contribution in [3.63, 3.8) is 0 Å². The molecule has 1 aromatic rings. The first-order valence-corrected chi connectivity index (χ1v) is 13.1. The number of likely N-dealkylation sites (tertiary alicyclic amines) is 1. The predicted octanol–water partition coefficient (Wildman–Crippen LogP) is 2.68. The van der Waals surface area contributed by atoms with Gasteiger partial charge in [0, 0.05) is 17.1 Å². The summed E-state index contributed by atoms with van der Waals surface area (Å²) in [7, 11) is 0. The van der Waals surface area contributed by atoms with Crippen LogP contribution in [-0.2, 0) is 23.9 Å². The maximum absolute atomic E-state index is 14.4. The van der Waals surface area contributed by atoms with Gasteiger partial charge < -0.3 is 24.4 Å². The number of fused-ring (bicyclic) bond motifs is 1. The smallest absolute Gasteiger partial charge is 0.312 e. The number of benzene rings is 1. The van der Waals surface area contributed by atoms with Crippen molar-refractivity contribution < 1.29 is 29.0 Å². The minimum Gasteiger partial charge on any atom is -0.461 e. The Hall–Kier alpha value is -2.49. The van der Waals surface area contributed by atoms with E-state index in [0.717, 1.165) is 11.1 Å². The maximum atomic E-state index is 14.4. The van der Waals surface area contributed by atoms with Crippen LogP contribution < -0.4 is 4.90 Å². The molecule has 0 aliphatic carbocycles. The van der Waals surface area contributed by atoms with E-state index in [1.54, 1.807) is 17.9 Å². The zero-order valence-corrected chi connectivity index (χ0v) is 22.4. The molecule has 194 valence electrons. The molecule has 0 radical (unpaired) electrons. The highest BCUT2D eigenvalue weighted by atomic mass is 79.9. The van der Waals surface area contributed by atoms with Crippen LogP contribution in [-0.4, -0.2) is 76.2 Å². The van der Waals surface area contributed by atoms with Gasteiger partial charge in [-0.3, -0.25) is 14.4 Å². The number of hydrogen-bond acceptors (Lipinski definition) is 6. The van der Waals surface area contributed by atoms with E-state index in [-0.39, 0.29) is 36.4 Å². The fourth-order valence-electron chi connectivity index (χ4n) is 6.01. The van der Waals surface area contributed by atoms with Crippen LogP contribution in [0, 0.1) is 25.7 Å². The second-order valence-corrected chi connectivity index (χ2v) is 11.1. The number of amides is 2. The van der Waals surface area contributed by atoms with Gasteiger partial charge in [-0.05, 0) is 44.4 Å². The number of carbonyl (C=O) groups is 3. The lowest BCUT2D eigenvalue weighted by Crippen LogP contribution is -2.59. The number of nitrogens with zero attached hydrogens (tertiary/aromatic N) is 2. The van der Waals surface area contributed by atoms with E-state index in [0.29, 0.717) is 12.1 Å². The molecule has 3 fully saturated rings. The average Bonchev–Trinajstić information content (AvgIpc) is 3.45. The van der Waals surface area contributed by atoms with E-state index in [1.807, 2.05) is 32.0 Å². The summed E-state index contributed by atoms with van der Waals surface area (Å²) in [6, 6.07) is 4.16. The molecule has 36 heavy (non-hydrogen) atoms. The summed E-state index contributed by atoms with van der Waals surface area (Å²) in [5.74, 6) is -3.01. The Labute approximate surface area is 220 Å². The highest BCUT2D eigenvalue weighted by molar-refractivity contribution is 9.09. The number of rotatable bonds is 9. The zero-order valence-electron chi connectivity index (χ0n) is 20.9. The van der Waals surface area contributed by atoms with Gasteiger partial charge >= 0.3 is 5.97 Å². The molecule has 3 heterocycles. The highest BCUT2D eigenvalue weighted by Gasteiger charge is 2.77. The lowest BCUT2D eigenvalue weighted by Gasteiger charge is -2.39. The summed E-state index contributed by atoms with van der Waals surface area (Å²) in [6.45, 7) is 12.9.